The fourth-order valence-corrected chi connectivity index (χ4v) is 2.45. The van der Waals surface area contributed by atoms with E-state index in [1.165, 1.54) is 17.4 Å². The van der Waals surface area contributed by atoms with Crippen LogP contribution in [0.4, 0.5) is 4.39 Å². The first-order chi connectivity index (χ1) is 8.52. The highest BCUT2D eigenvalue weighted by molar-refractivity contribution is 7.10. The van der Waals surface area contributed by atoms with E-state index < -0.39 is 23.5 Å². The van der Waals surface area contributed by atoms with Gasteiger partial charge in [0.15, 0.2) is 0 Å². The van der Waals surface area contributed by atoms with Gasteiger partial charge in [-0.2, -0.15) is 0 Å². The van der Waals surface area contributed by atoms with E-state index in [-0.39, 0.29) is 0 Å². The molecule has 0 fully saturated rings. The van der Waals surface area contributed by atoms with E-state index in [1.54, 1.807) is 17.5 Å². The number of hydrogen-bond acceptors (Lipinski definition) is 5. The molecule has 6 heteroatoms. The number of methoxy groups -OCH3 is 2. The molecule has 0 aliphatic heterocycles. The Hall–Kier alpha value is -1.69. The molecule has 18 heavy (non-hydrogen) atoms. The lowest BCUT2D eigenvalue weighted by atomic mass is 9.87. The van der Waals surface area contributed by atoms with E-state index in [9.17, 15) is 14.0 Å². The Balaban J connectivity index is 3.28. The topological polar surface area (TPSA) is 52.6 Å². The van der Waals surface area contributed by atoms with Crippen LogP contribution in [0.25, 0.3) is 0 Å². The van der Waals surface area contributed by atoms with Crippen molar-refractivity contribution >= 4 is 23.3 Å². The first-order valence-corrected chi connectivity index (χ1v) is 5.92. The lowest BCUT2D eigenvalue weighted by Crippen LogP contribution is -2.48. The van der Waals surface area contributed by atoms with Gasteiger partial charge in [0.1, 0.15) is 0 Å². The van der Waals surface area contributed by atoms with Crippen molar-refractivity contribution in [3.8, 4) is 0 Å². The zero-order valence-electron chi connectivity index (χ0n) is 10.0. The molecular formula is C12H13FO4S. The van der Waals surface area contributed by atoms with E-state index in [0.29, 0.717) is 4.88 Å². The summed E-state index contributed by atoms with van der Waals surface area (Å²) in [6, 6.07) is 3.29. The SMILES string of the molecule is C=C[C@@H](c1cccs1)C(F)(C(=O)OC)C(=O)OC. The fraction of sp³-hybridized carbons (Fsp3) is 0.333. The molecule has 0 amide bonds. The second-order valence-corrected chi connectivity index (χ2v) is 4.40. The second-order valence-electron chi connectivity index (χ2n) is 3.42. The Labute approximate surface area is 108 Å². The average molecular weight is 272 g/mol. The number of alkyl halides is 1. The highest BCUT2D eigenvalue weighted by atomic mass is 32.1. The maximum absolute atomic E-state index is 14.8. The Morgan fingerprint density at radius 3 is 2.33 bits per heavy atom. The van der Waals surface area contributed by atoms with E-state index >= 15 is 0 Å². The maximum Gasteiger partial charge on any atom is 0.356 e. The molecule has 98 valence electrons. The van der Waals surface area contributed by atoms with Crippen molar-refractivity contribution in [2.24, 2.45) is 0 Å². The summed E-state index contributed by atoms with van der Waals surface area (Å²) in [7, 11) is 2.02. The molecule has 1 aromatic heterocycles. The summed E-state index contributed by atoms with van der Waals surface area (Å²) in [4.78, 5) is 23.7. The number of carbonyl (C=O) groups excluding carboxylic acids is 2. The number of thiophene rings is 1. The summed E-state index contributed by atoms with van der Waals surface area (Å²) in [6.07, 6.45) is 1.19. The standard InChI is InChI=1S/C12H13FO4S/c1-4-8(9-6-5-7-18-9)12(13,10(14)16-2)11(15)17-3/h4-8H,1H2,2-3H3/t8-/m0/s1. The maximum atomic E-state index is 14.8. The molecule has 1 aromatic rings. The van der Waals surface area contributed by atoms with Crippen LogP contribution < -0.4 is 0 Å². The van der Waals surface area contributed by atoms with Gasteiger partial charge in [-0.15, -0.1) is 17.9 Å². The van der Waals surface area contributed by atoms with Crippen LogP contribution >= 0.6 is 11.3 Å². The first-order valence-electron chi connectivity index (χ1n) is 5.04. The van der Waals surface area contributed by atoms with Gasteiger partial charge >= 0.3 is 17.6 Å². The summed E-state index contributed by atoms with van der Waals surface area (Å²) in [5, 5.41) is 1.71. The van der Waals surface area contributed by atoms with Gasteiger partial charge in [0.25, 0.3) is 0 Å². The van der Waals surface area contributed by atoms with E-state index in [0.717, 1.165) is 14.2 Å². The van der Waals surface area contributed by atoms with Gasteiger partial charge in [0, 0.05) is 4.88 Å². The van der Waals surface area contributed by atoms with Gasteiger partial charge < -0.3 is 9.47 Å². The minimum Gasteiger partial charge on any atom is -0.466 e. The molecule has 0 aliphatic rings. The molecule has 0 aromatic carbocycles. The third kappa shape index (κ3) is 2.28. The minimum atomic E-state index is -2.92. The highest BCUT2D eigenvalue weighted by Gasteiger charge is 2.55. The van der Waals surface area contributed by atoms with Crippen LogP contribution in [0.15, 0.2) is 30.2 Å². The Morgan fingerprint density at radius 1 is 1.44 bits per heavy atom. The van der Waals surface area contributed by atoms with Crippen molar-refractivity contribution in [3.63, 3.8) is 0 Å². The largest absolute Gasteiger partial charge is 0.466 e. The van der Waals surface area contributed by atoms with Crippen molar-refractivity contribution in [2.45, 2.75) is 11.6 Å². The van der Waals surface area contributed by atoms with Crippen LogP contribution in [-0.2, 0) is 19.1 Å². The van der Waals surface area contributed by atoms with E-state index in [1.807, 2.05) is 0 Å². The molecule has 0 N–H and O–H groups in total. The summed E-state index contributed by atoms with van der Waals surface area (Å²) in [5.41, 5.74) is -2.92. The molecule has 1 rings (SSSR count). The number of halogens is 1. The van der Waals surface area contributed by atoms with Gasteiger partial charge in [0.05, 0.1) is 20.1 Å². The van der Waals surface area contributed by atoms with Crippen molar-refractivity contribution in [3.05, 3.63) is 35.0 Å². The van der Waals surface area contributed by atoms with Gasteiger partial charge in [0.2, 0.25) is 0 Å². The van der Waals surface area contributed by atoms with Crippen molar-refractivity contribution in [2.75, 3.05) is 14.2 Å². The number of allylic oxidation sites excluding steroid dienone is 1. The van der Waals surface area contributed by atoms with Gasteiger partial charge in [-0.05, 0) is 11.4 Å². The van der Waals surface area contributed by atoms with E-state index in [4.69, 9.17) is 0 Å². The lowest BCUT2D eigenvalue weighted by molar-refractivity contribution is -0.172. The number of hydrogen-bond donors (Lipinski definition) is 0. The molecule has 0 aliphatic carbocycles. The third-order valence-electron chi connectivity index (χ3n) is 2.48. The first kappa shape index (κ1) is 14.4. The summed E-state index contributed by atoms with van der Waals surface area (Å²) >= 11 is 1.21. The number of carbonyl (C=O) groups is 2. The predicted molar refractivity (Wildman–Crippen MR) is 65.1 cm³/mol. The third-order valence-corrected chi connectivity index (χ3v) is 3.43. The van der Waals surface area contributed by atoms with Crippen LogP contribution in [0.1, 0.15) is 10.8 Å². The quantitative estimate of drug-likeness (QED) is 0.468. The van der Waals surface area contributed by atoms with Crippen molar-refractivity contribution in [1.29, 1.82) is 0 Å². The molecule has 0 radical (unpaired) electrons. The van der Waals surface area contributed by atoms with Crippen LogP contribution in [0.2, 0.25) is 0 Å². The Kier molecular flexibility index (Phi) is 4.61. The van der Waals surface area contributed by atoms with Crippen LogP contribution in [0, 0.1) is 0 Å². The number of rotatable bonds is 5. The monoisotopic (exact) mass is 272 g/mol. The summed E-state index contributed by atoms with van der Waals surface area (Å²) in [6.45, 7) is 3.47. The second kappa shape index (κ2) is 5.77. The molecule has 0 saturated heterocycles. The minimum absolute atomic E-state index is 0.489. The molecule has 4 nitrogen and oxygen atoms in total. The molecule has 0 saturated carbocycles. The van der Waals surface area contributed by atoms with Crippen LogP contribution in [-0.4, -0.2) is 31.8 Å². The zero-order chi connectivity index (χ0) is 13.8. The Morgan fingerprint density at radius 2 is 2.00 bits per heavy atom. The number of ether oxygens (including phenoxy) is 2. The predicted octanol–water partition coefficient (Wildman–Crippen LogP) is 2.07. The lowest BCUT2D eigenvalue weighted by Gasteiger charge is -2.25. The normalized spacial score (nSPS) is 12.6. The fourth-order valence-electron chi connectivity index (χ4n) is 1.58. The Bertz CT molecular complexity index is 425. The van der Waals surface area contributed by atoms with Crippen LogP contribution in [0.3, 0.4) is 0 Å². The number of esters is 2. The summed E-state index contributed by atoms with van der Waals surface area (Å²) in [5.74, 6) is -3.74. The van der Waals surface area contributed by atoms with Crippen molar-refractivity contribution in [1.82, 2.24) is 0 Å². The molecule has 0 unspecified atom stereocenters. The van der Waals surface area contributed by atoms with Gasteiger partial charge in [-0.3, -0.25) is 0 Å². The van der Waals surface area contributed by atoms with Crippen LogP contribution in [0.5, 0.6) is 0 Å². The van der Waals surface area contributed by atoms with Gasteiger partial charge in [-0.1, -0.05) is 12.1 Å². The molecule has 1 atom stereocenters. The molecule has 0 spiro atoms. The summed E-state index contributed by atoms with van der Waals surface area (Å²) < 4.78 is 23.5. The highest BCUT2D eigenvalue weighted by Crippen LogP contribution is 2.37. The molecule has 1 heterocycles. The molecule has 0 bridgehead atoms. The zero-order valence-corrected chi connectivity index (χ0v) is 10.8. The molecular weight excluding hydrogens is 259 g/mol. The van der Waals surface area contributed by atoms with Gasteiger partial charge in [-0.25, -0.2) is 14.0 Å². The van der Waals surface area contributed by atoms with E-state index in [2.05, 4.69) is 16.1 Å². The smallest absolute Gasteiger partial charge is 0.356 e. The average Bonchev–Trinajstić information content (AvgIpc) is 2.90. The van der Waals surface area contributed by atoms with Crippen molar-refractivity contribution < 1.29 is 23.5 Å².